The molecule has 1 heterocycles. The third kappa shape index (κ3) is 3.19. The average molecular weight is 297 g/mol. The molecule has 0 radical (unpaired) electrons. The van der Waals surface area contributed by atoms with Crippen molar-refractivity contribution in [3.8, 4) is 0 Å². The molecule has 20 heavy (non-hydrogen) atoms. The van der Waals surface area contributed by atoms with Gasteiger partial charge in [0.15, 0.2) is 9.84 Å². The van der Waals surface area contributed by atoms with Gasteiger partial charge in [-0.15, -0.1) is 0 Å². The maximum atomic E-state index is 11.8. The number of carboxylic acids is 1. The van der Waals surface area contributed by atoms with Gasteiger partial charge in [-0.25, -0.2) is 13.2 Å². The van der Waals surface area contributed by atoms with Crippen molar-refractivity contribution < 1.29 is 18.3 Å². The largest absolute Gasteiger partial charge is 0.478 e. The van der Waals surface area contributed by atoms with E-state index in [4.69, 9.17) is 5.11 Å². The molecule has 0 bridgehead atoms. The first-order valence-corrected chi connectivity index (χ1v) is 8.30. The summed E-state index contributed by atoms with van der Waals surface area (Å²) in [4.78, 5) is 13.0. The van der Waals surface area contributed by atoms with Gasteiger partial charge in [-0.2, -0.15) is 0 Å². The molecule has 1 N–H and O–H groups in total. The van der Waals surface area contributed by atoms with Crippen LogP contribution in [0.25, 0.3) is 0 Å². The van der Waals surface area contributed by atoms with E-state index in [0.29, 0.717) is 19.6 Å². The Hall–Kier alpha value is -1.40. The van der Waals surface area contributed by atoms with Crippen LogP contribution in [0, 0.1) is 0 Å². The molecule has 5 nitrogen and oxygen atoms in total. The summed E-state index contributed by atoms with van der Waals surface area (Å²) in [5.74, 6) is -0.793. The fourth-order valence-corrected chi connectivity index (χ4v) is 3.23. The summed E-state index contributed by atoms with van der Waals surface area (Å²) in [5.41, 5.74) is 2.34. The van der Waals surface area contributed by atoms with E-state index >= 15 is 0 Å². The molecule has 0 fully saturated rings. The molecule has 1 aromatic rings. The Balaban J connectivity index is 2.01. The van der Waals surface area contributed by atoms with E-state index in [2.05, 4.69) is 0 Å². The Bertz CT molecular complexity index is 622. The molecule has 1 aromatic carbocycles. The maximum absolute atomic E-state index is 11.8. The monoisotopic (exact) mass is 297 g/mol. The lowest BCUT2D eigenvalue weighted by Crippen LogP contribution is -2.28. The van der Waals surface area contributed by atoms with Crippen molar-refractivity contribution in [3.63, 3.8) is 0 Å². The highest BCUT2D eigenvalue weighted by Crippen LogP contribution is 2.23. The van der Waals surface area contributed by atoms with Crippen LogP contribution in [0.4, 0.5) is 0 Å². The van der Waals surface area contributed by atoms with Gasteiger partial charge in [-0.3, -0.25) is 4.90 Å². The molecule has 110 valence electrons. The minimum Gasteiger partial charge on any atom is -0.478 e. The lowest BCUT2D eigenvalue weighted by molar-refractivity contribution is 0.0696. The number of aromatic carboxylic acids is 1. The zero-order valence-corrected chi connectivity index (χ0v) is 12.5. The van der Waals surface area contributed by atoms with E-state index < -0.39 is 15.8 Å². The van der Waals surface area contributed by atoms with Gasteiger partial charge in [0, 0.05) is 19.6 Å². The molecule has 0 aliphatic carbocycles. The third-order valence-corrected chi connectivity index (χ3v) is 5.84. The average Bonchev–Trinajstić information content (AvgIpc) is 2.77. The summed E-state index contributed by atoms with van der Waals surface area (Å²) in [6.45, 7) is 5.16. The molecule has 1 aliphatic heterocycles. The number of carbonyl (C=O) groups is 1. The van der Waals surface area contributed by atoms with Crippen LogP contribution in [-0.4, -0.2) is 41.9 Å². The van der Waals surface area contributed by atoms with Crippen LogP contribution in [0.5, 0.6) is 0 Å². The molecule has 0 amide bonds. The van der Waals surface area contributed by atoms with Crippen molar-refractivity contribution in [2.75, 3.05) is 12.3 Å². The van der Waals surface area contributed by atoms with Crippen LogP contribution in [-0.2, 0) is 22.9 Å². The normalized spacial score (nSPS) is 15.6. The number of hydrogen-bond donors (Lipinski definition) is 1. The Kier molecular flexibility index (Phi) is 4.15. The van der Waals surface area contributed by atoms with Gasteiger partial charge in [0.05, 0.1) is 16.6 Å². The molecule has 6 heteroatoms. The summed E-state index contributed by atoms with van der Waals surface area (Å²) in [6.07, 6.45) is 0. The number of hydrogen-bond acceptors (Lipinski definition) is 4. The summed E-state index contributed by atoms with van der Waals surface area (Å²) in [5, 5.41) is 8.60. The first-order chi connectivity index (χ1) is 9.29. The van der Waals surface area contributed by atoms with E-state index in [-0.39, 0.29) is 16.6 Å². The van der Waals surface area contributed by atoms with Gasteiger partial charge in [0.25, 0.3) is 0 Å². The predicted molar refractivity (Wildman–Crippen MR) is 76.4 cm³/mol. The van der Waals surface area contributed by atoms with E-state index in [1.54, 1.807) is 26.0 Å². The lowest BCUT2D eigenvalue weighted by Gasteiger charge is -2.15. The maximum Gasteiger partial charge on any atom is 0.335 e. The van der Waals surface area contributed by atoms with Gasteiger partial charge in [0.2, 0.25) is 0 Å². The molecule has 0 unspecified atom stereocenters. The summed E-state index contributed by atoms with van der Waals surface area (Å²) in [6, 6.07) is 5.08. The molecule has 0 spiro atoms. The molecule has 0 aromatic heterocycles. The SMILES string of the molecule is CC(C)S(=O)(=O)CCN1Cc2ccc(C(=O)O)cc2C1. The minimum atomic E-state index is -3.03. The van der Waals surface area contributed by atoms with E-state index in [9.17, 15) is 13.2 Å². The molecule has 2 rings (SSSR count). The van der Waals surface area contributed by atoms with Crippen LogP contribution in [0.15, 0.2) is 18.2 Å². The van der Waals surface area contributed by atoms with Crippen LogP contribution >= 0.6 is 0 Å². The molecule has 1 aliphatic rings. The molecular weight excluding hydrogens is 278 g/mol. The molecule has 0 saturated carbocycles. The van der Waals surface area contributed by atoms with Crippen molar-refractivity contribution in [1.29, 1.82) is 0 Å². The van der Waals surface area contributed by atoms with Crippen molar-refractivity contribution >= 4 is 15.8 Å². The number of rotatable bonds is 5. The zero-order chi connectivity index (χ0) is 14.9. The van der Waals surface area contributed by atoms with Crippen molar-refractivity contribution in [3.05, 3.63) is 34.9 Å². The molecular formula is C14H19NO4S. The number of fused-ring (bicyclic) bond motifs is 1. The van der Waals surface area contributed by atoms with Crippen LogP contribution in [0.2, 0.25) is 0 Å². The van der Waals surface area contributed by atoms with Crippen molar-refractivity contribution in [2.24, 2.45) is 0 Å². The predicted octanol–water partition coefficient (Wildman–Crippen LogP) is 1.52. The fraction of sp³-hybridized carbons (Fsp3) is 0.500. The first-order valence-electron chi connectivity index (χ1n) is 6.58. The van der Waals surface area contributed by atoms with Gasteiger partial charge in [-0.05, 0) is 37.1 Å². The van der Waals surface area contributed by atoms with Crippen LogP contribution < -0.4 is 0 Å². The molecule has 0 saturated heterocycles. The van der Waals surface area contributed by atoms with Crippen molar-refractivity contribution in [2.45, 2.75) is 32.2 Å². The Morgan fingerprint density at radius 2 is 1.95 bits per heavy atom. The lowest BCUT2D eigenvalue weighted by atomic mass is 10.1. The Labute approximate surface area is 119 Å². The highest BCUT2D eigenvalue weighted by molar-refractivity contribution is 7.92. The third-order valence-electron chi connectivity index (χ3n) is 3.65. The van der Waals surface area contributed by atoms with Crippen LogP contribution in [0.1, 0.15) is 35.3 Å². The topological polar surface area (TPSA) is 74.7 Å². The second-order valence-corrected chi connectivity index (χ2v) is 8.09. The Morgan fingerprint density at radius 1 is 1.30 bits per heavy atom. The van der Waals surface area contributed by atoms with E-state index in [1.165, 1.54) is 0 Å². The highest BCUT2D eigenvalue weighted by atomic mass is 32.2. The summed E-state index contributed by atoms with van der Waals surface area (Å²) >= 11 is 0. The highest BCUT2D eigenvalue weighted by Gasteiger charge is 2.23. The number of nitrogens with zero attached hydrogens (tertiary/aromatic N) is 1. The first kappa shape index (κ1) is 15.0. The smallest absolute Gasteiger partial charge is 0.335 e. The van der Waals surface area contributed by atoms with Gasteiger partial charge >= 0.3 is 5.97 Å². The zero-order valence-electron chi connectivity index (χ0n) is 11.7. The second kappa shape index (κ2) is 5.54. The quantitative estimate of drug-likeness (QED) is 0.892. The number of carboxylic acid groups (broad SMARTS) is 1. The van der Waals surface area contributed by atoms with Crippen LogP contribution in [0.3, 0.4) is 0 Å². The number of benzene rings is 1. The number of sulfone groups is 1. The van der Waals surface area contributed by atoms with Gasteiger partial charge < -0.3 is 5.11 Å². The fourth-order valence-electron chi connectivity index (χ4n) is 2.25. The summed E-state index contributed by atoms with van der Waals surface area (Å²) < 4.78 is 23.6. The van der Waals surface area contributed by atoms with E-state index in [1.807, 2.05) is 11.0 Å². The minimum absolute atomic E-state index is 0.143. The standard InChI is InChI=1S/C14H19NO4S/c1-10(2)20(18,19)6-5-15-8-12-4-3-11(14(16)17)7-13(12)9-15/h3-4,7,10H,5-6,8-9H2,1-2H3,(H,16,17). The van der Waals surface area contributed by atoms with Gasteiger partial charge in [0.1, 0.15) is 0 Å². The van der Waals surface area contributed by atoms with Gasteiger partial charge in [-0.1, -0.05) is 6.07 Å². The van der Waals surface area contributed by atoms with Crippen molar-refractivity contribution in [1.82, 2.24) is 4.90 Å². The Morgan fingerprint density at radius 3 is 2.55 bits per heavy atom. The summed E-state index contributed by atoms with van der Waals surface area (Å²) in [7, 11) is -3.03. The second-order valence-electron chi connectivity index (χ2n) is 5.42. The molecule has 0 atom stereocenters. The van der Waals surface area contributed by atoms with E-state index in [0.717, 1.165) is 11.1 Å².